The SMILES string of the molecule is CC1(C)C(=O)CCC2(C)C3CCC4(CO)C=CC3(CCC12)C4. The summed E-state index contributed by atoms with van der Waals surface area (Å²) in [5.74, 6) is 1.71. The molecule has 4 aliphatic carbocycles. The maximum absolute atomic E-state index is 12.5. The summed E-state index contributed by atoms with van der Waals surface area (Å²) in [6.45, 7) is 7.18. The van der Waals surface area contributed by atoms with E-state index >= 15 is 0 Å². The molecule has 0 saturated heterocycles. The van der Waals surface area contributed by atoms with Crippen molar-refractivity contribution in [3.63, 3.8) is 0 Å². The van der Waals surface area contributed by atoms with E-state index in [2.05, 4.69) is 32.9 Å². The minimum absolute atomic E-state index is 0.0691. The number of hydrogen-bond donors (Lipinski definition) is 1. The van der Waals surface area contributed by atoms with Crippen LogP contribution in [0.4, 0.5) is 0 Å². The van der Waals surface area contributed by atoms with Crippen LogP contribution in [0.1, 0.15) is 65.7 Å². The first-order chi connectivity index (χ1) is 10.3. The lowest BCUT2D eigenvalue weighted by Gasteiger charge is -2.63. The van der Waals surface area contributed by atoms with E-state index in [-0.39, 0.29) is 10.8 Å². The summed E-state index contributed by atoms with van der Waals surface area (Å²) < 4.78 is 0. The Hall–Kier alpha value is -0.630. The average Bonchev–Trinajstić information content (AvgIpc) is 2.76. The Morgan fingerprint density at radius 1 is 1.09 bits per heavy atom. The van der Waals surface area contributed by atoms with Crippen molar-refractivity contribution in [2.75, 3.05) is 6.61 Å². The third-order valence-corrected chi connectivity index (χ3v) is 8.36. The summed E-state index contributed by atoms with van der Waals surface area (Å²) in [5.41, 5.74) is 0.525. The highest BCUT2D eigenvalue weighted by atomic mass is 16.3. The minimum atomic E-state index is -0.150. The van der Waals surface area contributed by atoms with Crippen LogP contribution in [0.25, 0.3) is 0 Å². The molecule has 22 heavy (non-hydrogen) atoms. The maximum Gasteiger partial charge on any atom is 0.138 e. The van der Waals surface area contributed by atoms with Gasteiger partial charge in [0.2, 0.25) is 0 Å². The predicted octanol–water partition coefficient (Wildman–Crippen LogP) is 4.13. The molecule has 2 nitrogen and oxygen atoms in total. The van der Waals surface area contributed by atoms with Gasteiger partial charge in [-0.05, 0) is 61.2 Å². The average molecular weight is 302 g/mol. The van der Waals surface area contributed by atoms with Crippen LogP contribution in [0.3, 0.4) is 0 Å². The Morgan fingerprint density at radius 2 is 1.82 bits per heavy atom. The van der Waals surface area contributed by atoms with Gasteiger partial charge in [-0.1, -0.05) is 32.9 Å². The molecule has 0 heterocycles. The van der Waals surface area contributed by atoms with Crippen molar-refractivity contribution in [1.82, 2.24) is 0 Å². The third kappa shape index (κ3) is 1.63. The molecule has 5 atom stereocenters. The van der Waals surface area contributed by atoms with Crippen LogP contribution < -0.4 is 0 Å². The molecule has 0 aliphatic heterocycles. The van der Waals surface area contributed by atoms with E-state index in [0.29, 0.717) is 35.1 Å². The number of aliphatic hydroxyl groups excluding tert-OH is 1. The first kappa shape index (κ1) is 14.9. The molecular weight excluding hydrogens is 272 g/mol. The molecule has 0 amide bonds. The lowest BCUT2D eigenvalue weighted by atomic mass is 9.40. The van der Waals surface area contributed by atoms with Crippen LogP contribution in [0.5, 0.6) is 0 Å². The molecule has 4 rings (SSSR count). The van der Waals surface area contributed by atoms with Gasteiger partial charge in [-0.3, -0.25) is 4.79 Å². The molecule has 0 radical (unpaired) electrons. The van der Waals surface area contributed by atoms with Crippen LogP contribution in [-0.2, 0) is 4.79 Å². The molecular formula is C20H30O2. The number of allylic oxidation sites excluding steroid dienone is 1. The zero-order chi connectivity index (χ0) is 15.8. The Balaban J connectivity index is 1.74. The Kier molecular flexibility index (Phi) is 2.89. The van der Waals surface area contributed by atoms with Gasteiger partial charge < -0.3 is 5.11 Å². The molecule has 1 spiro atoms. The molecule has 0 aromatic carbocycles. The van der Waals surface area contributed by atoms with Crippen molar-refractivity contribution >= 4 is 5.78 Å². The zero-order valence-corrected chi connectivity index (χ0v) is 14.3. The Bertz CT molecular complexity index is 548. The fourth-order valence-corrected chi connectivity index (χ4v) is 7.19. The van der Waals surface area contributed by atoms with Crippen molar-refractivity contribution in [2.45, 2.75) is 65.7 Å². The summed E-state index contributed by atoms with van der Waals surface area (Å²) in [6.07, 6.45) is 12.6. The molecule has 0 aromatic heterocycles. The molecule has 2 bridgehead atoms. The van der Waals surface area contributed by atoms with Gasteiger partial charge >= 0.3 is 0 Å². The van der Waals surface area contributed by atoms with E-state index in [0.717, 1.165) is 25.7 Å². The standard InChI is InChI=1S/C20H30O2/c1-17(2)14-5-9-20-11-10-19(12-20,13-21)8-4-15(20)18(14,3)7-6-16(17)22/h10-11,14-15,21H,4-9,12-13H2,1-3H3. The third-order valence-electron chi connectivity index (χ3n) is 8.36. The Morgan fingerprint density at radius 3 is 2.55 bits per heavy atom. The number of fused-ring (bicyclic) bond motifs is 3. The summed E-state index contributed by atoms with van der Waals surface area (Å²) in [7, 11) is 0. The smallest absolute Gasteiger partial charge is 0.138 e. The molecule has 1 N–H and O–H groups in total. The topological polar surface area (TPSA) is 37.3 Å². The van der Waals surface area contributed by atoms with Gasteiger partial charge in [-0.25, -0.2) is 0 Å². The van der Waals surface area contributed by atoms with Crippen molar-refractivity contribution < 1.29 is 9.90 Å². The Labute approximate surface area is 134 Å². The molecule has 2 heteroatoms. The first-order valence-corrected chi connectivity index (χ1v) is 9.13. The van der Waals surface area contributed by atoms with Gasteiger partial charge in [-0.15, -0.1) is 0 Å². The second-order valence-electron chi connectivity index (χ2n) is 9.60. The fourth-order valence-electron chi connectivity index (χ4n) is 7.19. The van der Waals surface area contributed by atoms with E-state index in [1.165, 1.54) is 19.3 Å². The number of aliphatic hydroxyl groups is 1. The van der Waals surface area contributed by atoms with Crippen LogP contribution in [0.2, 0.25) is 0 Å². The number of hydrogen-bond acceptors (Lipinski definition) is 2. The second kappa shape index (κ2) is 4.26. The highest BCUT2D eigenvalue weighted by Crippen LogP contribution is 2.71. The van der Waals surface area contributed by atoms with Gasteiger partial charge in [0.15, 0.2) is 0 Å². The lowest BCUT2D eigenvalue weighted by Crippen LogP contribution is -2.58. The van der Waals surface area contributed by atoms with Gasteiger partial charge in [0, 0.05) is 17.3 Å². The molecule has 4 aliphatic rings. The number of ketones is 1. The first-order valence-electron chi connectivity index (χ1n) is 9.13. The zero-order valence-electron chi connectivity index (χ0n) is 14.3. The monoisotopic (exact) mass is 302 g/mol. The molecule has 5 unspecified atom stereocenters. The maximum atomic E-state index is 12.5. The summed E-state index contributed by atoms with van der Waals surface area (Å²) in [6, 6.07) is 0. The van der Waals surface area contributed by atoms with Crippen LogP contribution in [-0.4, -0.2) is 17.5 Å². The second-order valence-corrected chi connectivity index (χ2v) is 9.60. The van der Waals surface area contributed by atoms with Crippen LogP contribution in [0.15, 0.2) is 12.2 Å². The number of rotatable bonds is 1. The number of carbonyl (C=O) groups excluding carboxylic acids is 1. The van der Waals surface area contributed by atoms with Crippen LogP contribution in [0, 0.1) is 33.5 Å². The summed E-state index contributed by atoms with van der Waals surface area (Å²) >= 11 is 0. The van der Waals surface area contributed by atoms with E-state index in [4.69, 9.17) is 0 Å². The largest absolute Gasteiger partial charge is 0.395 e. The normalized spacial score (nSPS) is 52.3. The molecule has 0 aromatic rings. The van der Waals surface area contributed by atoms with Gasteiger partial charge in [0.1, 0.15) is 5.78 Å². The van der Waals surface area contributed by atoms with Crippen molar-refractivity contribution in [2.24, 2.45) is 33.5 Å². The van der Waals surface area contributed by atoms with E-state index in [1.54, 1.807) is 0 Å². The highest BCUT2D eigenvalue weighted by Gasteiger charge is 2.64. The van der Waals surface area contributed by atoms with E-state index < -0.39 is 0 Å². The highest BCUT2D eigenvalue weighted by molar-refractivity contribution is 5.85. The van der Waals surface area contributed by atoms with Crippen molar-refractivity contribution in [1.29, 1.82) is 0 Å². The predicted molar refractivity (Wildman–Crippen MR) is 87.3 cm³/mol. The fraction of sp³-hybridized carbons (Fsp3) is 0.850. The molecule has 3 saturated carbocycles. The van der Waals surface area contributed by atoms with E-state index in [9.17, 15) is 9.90 Å². The molecule has 3 fully saturated rings. The lowest BCUT2D eigenvalue weighted by molar-refractivity contribution is -0.164. The van der Waals surface area contributed by atoms with Gasteiger partial charge in [0.25, 0.3) is 0 Å². The quantitative estimate of drug-likeness (QED) is 0.740. The number of carbonyl (C=O) groups is 1. The van der Waals surface area contributed by atoms with Crippen molar-refractivity contribution in [3.05, 3.63) is 12.2 Å². The summed E-state index contributed by atoms with van der Waals surface area (Å²) in [4.78, 5) is 12.5. The summed E-state index contributed by atoms with van der Waals surface area (Å²) in [5, 5.41) is 9.87. The van der Waals surface area contributed by atoms with E-state index in [1.807, 2.05) is 0 Å². The molecule has 122 valence electrons. The van der Waals surface area contributed by atoms with Crippen LogP contribution >= 0.6 is 0 Å². The van der Waals surface area contributed by atoms with Gasteiger partial charge in [-0.2, -0.15) is 0 Å². The van der Waals surface area contributed by atoms with Crippen molar-refractivity contribution in [3.8, 4) is 0 Å². The number of Topliss-reactive ketones (excluding diaryl/α,β-unsaturated/α-hetero) is 1. The minimum Gasteiger partial charge on any atom is -0.395 e. The van der Waals surface area contributed by atoms with Gasteiger partial charge in [0.05, 0.1) is 6.61 Å².